The van der Waals surface area contributed by atoms with Gasteiger partial charge in [-0.2, -0.15) is 0 Å². The van der Waals surface area contributed by atoms with E-state index < -0.39 is 0 Å². The lowest BCUT2D eigenvalue weighted by atomic mass is 10.1. The van der Waals surface area contributed by atoms with E-state index >= 15 is 0 Å². The van der Waals surface area contributed by atoms with Gasteiger partial charge in [0.2, 0.25) is 0 Å². The number of likely N-dealkylation sites (tertiary alicyclic amines) is 1. The van der Waals surface area contributed by atoms with Crippen LogP contribution in [-0.2, 0) is 6.54 Å². The molecular formula is C15H26N4. The minimum atomic E-state index is 0.776. The number of pyridine rings is 1. The van der Waals surface area contributed by atoms with E-state index in [0.717, 1.165) is 31.4 Å². The predicted molar refractivity (Wildman–Crippen MR) is 80.5 cm³/mol. The summed E-state index contributed by atoms with van der Waals surface area (Å²) in [5, 5.41) is 3.32. The van der Waals surface area contributed by atoms with Gasteiger partial charge in [0, 0.05) is 32.9 Å². The lowest BCUT2D eigenvalue weighted by Crippen LogP contribution is -2.27. The molecule has 1 N–H and O–H groups in total. The zero-order valence-corrected chi connectivity index (χ0v) is 12.4. The molecule has 0 aromatic carbocycles. The molecule has 0 amide bonds. The molecule has 0 saturated carbocycles. The smallest absolute Gasteiger partial charge is 0.128 e. The molecule has 19 heavy (non-hydrogen) atoms. The fourth-order valence-corrected chi connectivity index (χ4v) is 2.67. The van der Waals surface area contributed by atoms with Gasteiger partial charge in [0.15, 0.2) is 0 Å². The highest BCUT2D eigenvalue weighted by molar-refractivity contribution is 5.38. The Morgan fingerprint density at radius 2 is 2.32 bits per heavy atom. The second-order valence-corrected chi connectivity index (χ2v) is 5.60. The molecule has 2 heterocycles. The van der Waals surface area contributed by atoms with Crippen molar-refractivity contribution >= 4 is 5.82 Å². The van der Waals surface area contributed by atoms with Crippen molar-refractivity contribution in [2.75, 3.05) is 45.2 Å². The van der Waals surface area contributed by atoms with Gasteiger partial charge in [-0.1, -0.05) is 13.0 Å². The third kappa shape index (κ3) is 4.18. The average Bonchev–Trinajstić information content (AvgIpc) is 2.82. The summed E-state index contributed by atoms with van der Waals surface area (Å²) < 4.78 is 0. The van der Waals surface area contributed by atoms with Crippen LogP contribution >= 0.6 is 0 Å². The van der Waals surface area contributed by atoms with Crippen LogP contribution in [0.2, 0.25) is 0 Å². The van der Waals surface area contributed by atoms with Crippen LogP contribution in [0.15, 0.2) is 18.3 Å². The Balaban J connectivity index is 1.86. The number of nitrogens with zero attached hydrogens (tertiary/aromatic N) is 3. The molecule has 0 aliphatic carbocycles. The van der Waals surface area contributed by atoms with E-state index in [4.69, 9.17) is 0 Å². The number of nitrogens with one attached hydrogen (secondary N) is 1. The van der Waals surface area contributed by atoms with Crippen molar-refractivity contribution in [2.45, 2.75) is 19.9 Å². The molecule has 1 saturated heterocycles. The first-order valence-electron chi connectivity index (χ1n) is 7.24. The Bertz CT molecular complexity index is 376. The van der Waals surface area contributed by atoms with Crippen LogP contribution in [0.1, 0.15) is 18.9 Å². The van der Waals surface area contributed by atoms with Gasteiger partial charge in [-0.25, -0.2) is 4.98 Å². The number of anilines is 1. The zero-order valence-electron chi connectivity index (χ0n) is 12.4. The highest BCUT2D eigenvalue weighted by Crippen LogP contribution is 2.18. The van der Waals surface area contributed by atoms with Gasteiger partial charge in [-0.3, -0.25) is 0 Å². The van der Waals surface area contributed by atoms with Crippen LogP contribution in [0.4, 0.5) is 5.82 Å². The number of rotatable bonds is 6. The molecule has 2 rings (SSSR count). The van der Waals surface area contributed by atoms with Gasteiger partial charge in [0.1, 0.15) is 5.82 Å². The minimum Gasteiger partial charge on any atom is -0.359 e. The quantitative estimate of drug-likeness (QED) is 0.843. The zero-order chi connectivity index (χ0) is 13.7. The van der Waals surface area contributed by atoms with Gasteiger partial charge in [-0.15, -0.1) is 0 Å². The van der Waals surface area contributed by atoms with E-state index in [-0.39, 0.29) is 0 Å². The fraction of sp³-hybridized carbons (Fsp3) is 0.667. The largest absolute Gasteiger partial charge is 0.359 e. The van der Waals surface area contributed by atoms with Crippen molar-refractivity contribution in [3.05, 3.63) is 23.9 Å². The van der Waals surface area contributed by atoms with Crippen molar-refractivity contribution < 1.29 is 0 Å². The topological polar surface area (TPSA) is 31.4 Å². The van der Waals surface area contributed by atoms with Crippen LogP contribution in [-0.4, -0.2) is 50.2 Å². The maximum absolute atomic E-state index is 4.56. The van der Waals surface area contributed by atoms with Crippen molar-refractivity contribution in [1.29, 1.82) is 0 Å². The second kappa shape index (κ2) is 6.87. The predicted octanol–water partition coefficient (Wildman–Crippen LogP) is 1.58. The Kier molecular flexibility index (Phi) is 5.16. The van der Waals surface area contributed by atoms with E-state index in [1.807, 2.05) is 6.20 Å². The van der Waals surface area contributed by atoms with Crippen LogP contribution in [0.5, 0.6) is 0 Å². The molecule has 0 radical (unpaired) electrons. The molecule has 106 valence electrons. The summed E-state index contributed by atoms with van der Waals surface area (Å²) in [6, 6.07) is 4.30. The molecule has 0 bridgehead atoms. The summed E-state index contributed by atoms with van der Waals surface area (Å²) in [4.78, 5) is 9.25. The molecule has 4 heteroatoms. The Hall–Kier alpha value is -1.13. The van der Waals surface area contributed by atoms with E-state index in [9.17, 15) is 0 Å². The molecule has 1 fully saturated rings. The molecule has 1 aromatic heterocycles. The maximum atomic E-state index is 4.56. The molecule has 1 unspecified atom stereocenters. The molecule has 1 aliphatic heterocycles. The SMILES string of the molecule is CCNCc1ccc(N(C)CC2CCN(C)C2)nc1. The Morgan fingerprint density at radius 1 is 1.47 bits per heavy atom. The van der Waals surface area contributed by atoms with Crippen LogP contribution in [0.25, 0.3) is 0 Å². The average molecular weight is 262 g/mol. The summed E-state index contributed by atoms with van der Waals surface area (Å²) in [6.07, 6.45) is 3.29. The van der Waals surface area contributed by atoms with Gasteiger partial charge < -0.3 is 15.1 Å². The Morgan fingerprint density at radius 3 is 2.89 bits per heavy atom. The van der Waals surface area contributed by atoms with Crippen molar-refractivity contribution in [3.8, 4) is 0 Å². The summed E-state index contributed by atoms with van der Waals surface area (Å²) in [5.74, 6) is 1.85. The third-order valence-electron chi connectivity index (χ3n) is 3.80. The highest BCUT2D eigenvalue weighted by Gasteiger charge is 2.21. The number of hydrogen-bond donors (Lipinski definition) is 1. The lowest BCUT2D eigenvalue weighted by Gasteiger charge is -2.22. The number of aromatic nitrogens is 1. The van der Waals surface area contributed by atoms with Crippen molar-refractivity contribution in [2.24, 2.45) is 5.92 Å². The lowest BCUT2D eigenvalue weighted by molar-refractivity contribution is 0.395. The second-order valence-electron chi connectivity index (χ2n) is 5.60. The van der Waals surface area contributed by atoms with Crippen molar-refractivity contribution in [3.63, 3.8) is 0 Å². The molecule has 0 spiro atoms. The Labute approximate surface area is 116 Å². The monoisotopic (exact) mass is 262 g/mol. The van der Waals surface area contributed by atoms with E-state index in [2.05, 4.69) is 53.3 Å². The summed E-state index contributed by atoms with van der Waals surface area (Å²) >= 11 is 0. The van der Waals surface area contributed by atoms with Gasteiger partial charge in [-0.05, 0) is 44.1 Å². The summed E-state index contributed by atoms with van der Waals surface area (Å²) in [5.41, 5.74) is 1.25. The van der Waals surface area contributed by atoms with Crippen LogP contribution < -0.4 is 10.2 Å². The summed E-state index contributed by atoms with van der Waals surface area (Å²) in [7, 11) is 4.35. The molecule has 1 aromatic rings. The van der Waals surface area contributed by atoms with E-state index in [0.29, 0.717) is 0 Å². The number of hydrogen-bond acceptors (Lipinski definition) is 4. The van der Waals surface area contributed by atoms with Crippen molar-refractivity contribution in [1.82, 2.24) is 15.2 Å². The standard InChI is InChI=1S/C15H26N4/c1-4-16-9-13-5-6-15(17-10-13)19(3)12-14-7-8-18(2)11-14/h5-6,10,14,16H,4,7-9,11-12H2,1-3H3. The summed E-state index contributed by atoms with van der Waals surface area (Å²) in [6.45, 7) is 7.56. The first-order valence-corrected chi connectivity index (χ1v) is 7.24. The van der Waals surface area contributed by atoms with E-state index in [1.165, 1.54) is 25.1 Å². The van der Waals surface area contributed by atoms with Crippen LogP contribution in [0, 0.1) is 5.92 Å². The molecule has 4 nitrogen and oxygen atoms in total. The normalized spacial score (nSPS) is 19.8. The van der Waals surface area contributed by atoms with Crippen LogP contribution in [0.3, 0.4) is 0 Å². The van der Waals surface area contributed by atoms with E-state index in [1.54, 1.807) is 0 Å². The fourth-order valence-electron chi connectivity index (χ4n) is 2.67. The molecule has 1 atom stereocenters. The van der Waals surface area contributed by atoms with Gasteiger partial charge in [0.05, 0.1) is 0 Å². The first-order chi connectivity index (χ1) is 9.19. The third-order valence-corrected chi connectivity index (χ3v) is 3.80. The maximum Gasteiger partial charge on any atom is 0.128 e. The highest BCUT2D eigenvalue weighted by atomic mass is 15.2. The minimum absolute atomic E-state index is 0.776. The molecular weight excluding hydrogens is 236 g/mol. The van der Waals surface area contributed by atoms with Gasteiger partial charge >= 0.3 is 0 Å². The van der Waals surface area contributed by atoms with Gasteiger partial charge in [0.25, 0.3) is 0 Å². The first kappa shape index (κ1) is 14.3. The molecule has 1 aliphatic rings.